The lowest BCUT2D eigenvalue weighted by Crippen LogP contribution is -2.56. The van der Waals surface area contributed by atoms with Gasteiger partial charge in [0.05, 0.1) is 6.10 Å². The molecule has 1 fully saturated rings. The summed E-state index contributed by atoms with van der Waals surface area (Å²) in [6, 6.07) is 0. The Morgan fingerprint density at radius 2 is 2.14 bits per heavy atom. The monoisotopic (exact) mass is 390 g/mol. The van der Waals surface area contributed by atoms with E-state index in [2.05, 4.69) is 6.92 Å². The summed E-state index contributed by atoms with van der Waals surface area (Å²) in [5, 5.41) is 11.1. The van der Waals surface area contributed by atoms with Crippen molar-refractivity contribution in [1.82, 2.24) is 0 Å². The molecule has 0 unspecified atom stereocenters. The van der Waals surface area contributed by atoms with Crippen LogP contribution in [0.25, 0.3) is 0 Å². The normalized spacial score (nSPS) is 37.8. The number of carbonyl (C=O) groups excluding carboxylic acids is 2. The van der Waals surface area contributed by atoms with Crippen LogP contribution in [-0.4, -0.2) is 41.6 Å². The molecule has 6 heteroatoms. The van der Waals surface area contributed by atoms with Crippen LogP contribution >= 0.6 is 0 Å². The summed E-state index contributed by atoms with van der Waals surface area (Å²) in [7, 11) is 0. The minimum atomic E-state index is -1.75. The highest BCUT2D eigenvalue weighted by molar-refractivity contribution is 5.93. The van der Waals surface area contributed by atoms with Crippen LogP contribution in [0.15, 0.2) is 34.4 Å². The van der Waals surface area contributed by atoms with Crippen LogP contribution < -0.4 is 0 Å². The second-order valence-corrected chi connectivity index (χ2v) is 8.16. The van der Waals surface area contributed by atoms with Crippen molar-refractivity contribution in [3.8, 4) is 0 Å². The van der Waals surface area contributed by atoms with E-state index in [0.717, 1.165) is 5.57 Å². The van der Waals surface area contributed by atoms with Gasteiger partial charge in [-0.15, -0.1) is 0 Å². The van der Waals surface area contributed by atoms with E-state index in [1.807, 2.05) is 20.8 Å². The van der Waals surface area contributed by atoms with Crippen LogP contribution in [0, 0.1) is 11.3 Å². The molecule has 0 spiro atoms. The lowest BCUT2D eigenvalue weighted by Gasteiger charge is -2.53. The Kier molecular flexibility index (Phi) is 5.32. The van der Waals surface area contributed by atoms with E-state index < -0.39 is 23.3 Å². The largest absolute Gasteiger partial charge is 0.459 e. The fraction of sp³-hybridized carbons (Fsp3) is 0.636. The molecule has 0 aromatic rings. The van der Waals surface area contributed by atoms with Crippen molar-refractivity contribution < 1.29 is 28.9 Å². The summed E-state index contributed by atoms with van der Waals surface area (Å²) >= 11 is 0. The third-order valence-corrected chi connectivity index (χ3v) is 6.76. The van der Waals surface area contributed by atoms with Crippen LogP contribution in [0.3, 0.4) is 0 Å². The number of aliphatic hydroxyl groups is 1. The molecule has 2 aliphatic carbocycles. The van der Waals surface area contributed by atoms with Gasteiger partial charge in [-0.1, -0.05) is 25.5 Å². The molecule has 154 valence electrons. The molecule has 1 aliphatic heterocycles. The zero-order valence-electron chi connectivity index (χ0n) is 17.5. The highest BCUT2D eigenvalue weighted by atomic mass is 16.7. The van der Waals surface area contributed by atoms with Gasteiger partial charge in [0, 0.05) is 34.7 Å². The van der Waals surface area contributed by atoms with Crippen molar-refractivity contribution in [1.29, 1.82) is 0 Å². The number of esters is 2. The van der Waals surface area contributed by atoms with Crippen LogP contribution in [-0.2, 0) is 23.8 Å². The van der Waals surface area contributed by atoms with E-state index >= 15 is 0 Å². The van der Waals surface area contributed by atoms with Gasteiger partial charge in [0.2, 0.25) is 0 Å². The SMILES string of the molecule is C/C=C(/C)C(=O)O[C@H]1CCC2=C[C@@]3(O)OC(=O)C(C)=C3[C@@H](OCC)[C@]2(C)[C@H]1C. The zero-order chi connectivity index (χ0) is 20.9. The highest BCUT2D eigenvalue weighted by Gasteiger charge is 2.61. The van der Waals surface area contributed by atoms with Crippen LogP contribution in [0.4, 0.5) is 0 Å². The van der Waals surface area contributed by atoms with Gasteiger partial charge in [0.25, 0.3) is 5.79 Å². The van der Waals surface area contributed by atoms with Crippen LogP contribution in [0.1, 0.15) is 54.4 Å². The van der Waals surface area contributed by atoms with Gasteiger partial charge in [0.1, 0.15) is 6.10 Å². The van der Waals surface area contributed by atoms with Crippen molar-refractivity contribution in [3.05, 3.63) is 34.4 Å². The van der Waals surface area contributed by atoms with Gasteiger partial charge in [-0.3, -0.25) is 0 Å². The Morgan fingerprint density at radius 3 is 2.75 bits per heavy atom. The Labute approximate surface area is 166 Å². The molecular weight excluding hydrogens is 360 g/mol. The molecule has 1 heterocycles. The van der Waals surface area contributed by atoms with Crippen molar-refractivity contribution in [3.63, 3.8) is 0 Å². The summed E-state index contributed by atoms with van der Waals surface area (Å²) in [6.45, 7) is 11.6. The molecule has 5 atom stereocenters. The summed E-state index contributed by atoms with van der Waals surface area (Å²) in [5.74, 6) is -2.66. The molecule has 0 aromatic heterocycles. The summed E-state index contributed by atoms with van der Waals surface area (Å²) in [5.41, 5.74) is 1.87. The number of hydrogen-bond acceptors (Lipinski definition) is 6. The molecule has 1 saturated carbocycles. The van der Waals surface area contributed by atoms with E-state index in [1.54, 1.807) is 26.0 Å². The quantitative estimate of drug-likeness (QED) is 0.451. The Balaban J connectivity index is 2.04. The lowest BCUT2D eigenvalue weighted by molar-refractivity contribution is -0.180. The predicted octanol–water partition coefficient (Wildman–Crippen LogP) is 3.21. The smallest absolute Gasteiger partial charge is 0.337 e. The molecule has 0 saturated heterocycles. The fourth-order valence-electron chi connectivity index (χ4n) is 4.74. The zero-order valence-corrected chi connectivity index (χ0v) is 17.5. The maximum atomic E-state index is 12.3. The van der Waals surface area contributed by atoms with Crippen LogP contribution in [0.2, 0.25) is 0 Å². The highest BCUT2D eigenvalue weighted by Crippen LogP contribution is 2.57. The number of fused-ring (bicyclic) bond motifs is 2. The molecule has 3 aliphatic rings. The van der Waals surface area contributed by atoms with E-state index in [4.69, 9.17) is 14.2 Å². The van der Waals surface area contributed by atoms with Crippen molar-refractivity contribution in [2.75, 3.05) is 6.61 Å². The second-order valence-electron chi connectivity index (χ2n) is 8.16. The van der Waals surface area contributed by atoms with Gasteiger partial charge < -0.3 is 19.3 Å². The van der Waals surface area contributed by atoms with E-state index in [0.29, 0.717) is 36.2 Å². The topological polar surface area (TPSA) is 82.1 Å². The average Bonchev–Trinajstić information content (AvgIpc) is 2.87. The van der Waals surface area contributed by atoms with Crippen molar-refractivity contribution in [2.24, 2.45) is 11.3 Å². The number of ether oxygens (including phenoxy) is 3. The molecule has 28 heavy (non-hydrogen) atoms. The first-order valence-corrected chi connectivity index (χ1v) is 9.94. The Morgan fingerprint density at radius 1 is 1.46 bits per heavy atom. The molecule has 3 rings (SSSR count). The van der Waals surface area contributed by atoms with Gasteiger partial charge in [0.15, 0.2) is 0 Å². The van der Waals surface area contributed by atoms with E-state index in [1.165, 1.54) is 0 Å². The van der Waals surface area contributed by atoms with Crippen molar-refractivity contribution >= 4 is 11.9 Å². The van der Waals surface area contributed by atoms with Crippen molar-refractivity contribution in [2.45, 2.75) is 72.4 Å². The predicted molar refractivity (Wildman–Crippen MR) is 103 cm³/mol. The van der Waals surface area contributed by atoms with Crippen LogP contribution in [0.5, 0.6) is 0 Å². The first-order chi connectivity index (χ1) is 13.1. The van der Waals surface area contributed by atoms with Gasteiger partial charge in [-0.05, 0) is 46.6 Å². The molecule has 1 N–H and O–H groups in total. The average molecular weight is 390 g/mol. The summed E-state index contributed by atoms with van der Waals surface area (Å²) < 4.78 is 17.2. The molecule has 0 radical (unpaired) electrons. The molecule has 0 amide bonds. The Hall–Kier alpha value is -1.92. The Bertz CT molecular complexity index is 791. The maximum Gasteiger partial charge on any atom is 0.337 e. The second kappa shape index (κ2) is 7.16. The third kappa shape index (κ3) is 2.94. The minimum absolute atomic E-state index is 0.0711. The number of hydrogen-bond donors (Lipinski definition) is 1. The fourth-order valence-corrected chi connectivity index (χ4v) is 4.74. The number of rotatable bonds is 4. The minimum Gasteiger partial charge on any atom is -0.459 e. The first kappa shape index (κ1) is 20.8. The summed E-state index contributed by atoms with van der Waals surface area (Å²) in [6.07, 6.45) is 3.86. The van der Waals surface area contributed by atoms with Gasteiger partial charge in [-0.2, -0.15) is 0 Å². The molecule has 0 aromatic carbocycles. The van der Waals surface area contributed by atoms with E-state index in [9.17, 15) is 14.7 Å². The molecule has 6 nitrogen and oxygen atoms in total. The molecular formula is C22H30O6. The van der Waals surface area contributed by atoms with Gasteiger partial charge >= 0.3 is 11.9 Å². The number of allylic oxidation sites excluding steroid dienone is 1. The first-order valence-electron chi connectivity index (χ1n) is 9.94. The van der Waals surface area contributed by atoms with E-state index in [-0.39, 0.29) is 18.0 Å². The van der Waals surface area contributed by atoms with Gasteiger partial charge in [-0.25, -0.2) is 9.59 Å². The summed E-state index contributed by atoms with van der Waals surface area (Å²) in [4.78, 5) is 24.5. The third-order valence-electron chi connectivity index (χ3n) is 6.76. The lowest BCUT2D eigenvalue weighted by atomic mass is 9.56. The maximum absolute atomic E-state index is 12.3. The molecule has 0 bridgehead atoms. The number of carbonyl (C=O) groups is 2. The standard InChI is InChI=1S/C22H30O6/c1-7-12(3)19(23)27-16-10-9-15-11-22(25)17(13(4)20(24)28-22)18(26-8-2)21(15,6)14(16)5/h7,11,14,16,18,25H,8-10H2,1-6H3/b12-7-/t14-,16-,18+,21+,22+/m0/s1.